The number of anilines is 4. The summed E-state index contributed by atoms with van der Waals surface area (Å²) in [6.45, 7) is 6.50. The lowest BCUT2D eigenvalue weighted by Gasteiger charge is -2.15. The molecule has 0 fully saturated rings. The minimum atomic E-state index is -0.252. The molecule has 3 N–H and O–H groups in total. The number of nitrogens with zero attached hydrogens (tertiary/aromatic N) is 2. The van der Waals surface area contributed by atoms with Crippen molar-refractivity contribution in [3.8, 4) is 0 Å². The van der Waals surface area contributed by atoms with Gasteiger partial charge in [0, 0.05) is 28.0 Å². The SMILES string of the molecule is Cc1cc2cc(Nc3ncc(Cl)c(Nc4ccccc4P(C)C)n3)ccc2[nH]1. The molecule has 0 spiro atoms. The monoisotopic (exact) mass is 409 g/mol. The third-order valence-corrected chi connectivity index (χ3v) is 6.02. The van der Waals surface area contributed by atoms with Gasteiger partial charge in [-0.15, -0.1) is 0 Å². The zero-order valence-electron chi connectivity index (χ0n) is 15.9. The maximum atomic E-state index is 6.35. The highest BCUT2D eigenvalue weighted by Gasteiger charge is 2.11. The zero-order chi connectivity index (χ0) is 19.7. The number of para-hydroxylation sites is 1. The number of aryl methyl sites for hydroxylation is 1. The van der Waals surface area contributed by atoms with Crippen LogP contribution in [0.1, 0.15) is 5.69 Å². The van der Waals surface area contributed by atoms with Crippen LogP contribution in [-0.4, -0.2) is 28.3 Å². The van der Waals surface area contributed by atoms with Gasteiger partial charge in [-0.1, -0.05) is 37.7 Å². The molecule has 2 heterocycles. The first-order valence-corrected chi connectivity index (χ1v) is 11.5. The van der Waals surface area contributed by atoms with Crippen LogP contribution in [0.25, 0.3) is 10.9 Å². The first-order chi connectivity index (χ1) is 13.5. The number of rotatable bonds is 5. The maximum absolute atomic E-state index is 6.35. The van der Waals surface area contributed by atoms with Gasteiger partial charge in [-0.25, -0.2) is 4.98 Å². The van der Waals surface area contributed by atoms with E-state index in [-0.39, 0.29) is 7.92 Å². The van der Waals surface area contributed by atoms with E-state index in [0.717, 1.165) is 28.0 Å². The van der Waals surface area contributed by atoms with E-state index in [4.69, 9.17) is 11.6 Å². The molecule has 0 aliphatic heterocycles. The van der Waals surface area contributed by atoms with Gasteiger partial charge in [0.15, 0.2) is 5.82 Å². The van der Waals surface area contributed by atoms with E-state index in [1.807, 2.05) is 31.2 Å². The van der Waals surface area contributed by atoms with Crippen LogP contribution in [0.5, 0.6) is 0 Å². The molecule has 0 amide bonds. The van der Waals surface area contributed by atoms with E-state index in [2.05, 4.69) is 63.2 Å². The van der Waals surface area contributed by atoms with Crippen molar-refractivity contribution in [2.75, 3.05) is 24.0 Å². The van der Waals surface area contributed by atoms with Crippen molar-refractivity contribution < 1.29 is 0 Å². The van der Waals surface area contributed by atoms with Gasteiger partial charge in [-0.2, -0.15) is 4.98 Å². The second-order valence-corrected chi connectivity index (χ2v) is 9.48. The van der Waals surface area contributed by atoms with E-state index in [1.165, 1.54) is 5.30 Å². The predicted octanol–water partition coefficient (Wildman–Crippen LogP) is 5.77. The number of aromatic amines is 1. The van der Waals surface area contributed by atoms with Crippen LogP contribution in [0.3, 0.4) is 0 Å². The fourth-order valence-electron chi connectivity index (χ4n) is 3.10. The largest absolute Gasteiger partial charge is 0.359 e. The Hall–Kier alpha value is -2.62. The summed E-state index contributed by atoms with van der Waals surface area (Å²) in [4.78, 5) is 12.2. The van der Waals surface area contributed by atoms with E-state index >= 15 is 0 Å². The highest BCUT2D eigenvalue weighted by atomic mass is 35.5. The van der Waals surface area contributed by atoms with E-state index in [1.54, 1.807) is 6.20 Å². The van der Waals surface area contributed by atoms with Crippen molar-refractivity contribution in [3.63, 3.8) is 0 Å². The van der Waals surface area contributed by atoms with E-state index < -0.39 is 0 Å². The molecule has 5 nitrogen and oxygen atoms in total. The Kier molecular flexibility index (Phi) is 5.21. The standard InChI is InChI=1S/C21H21ClN5P/c1-13-10-14-11-15(8-9-17(14)24-13)25-21-23-12-16(22)20(27-21)26-18-6-4-5-7-19(18)28(2)3/h4-12,24H,1-3H3,(H2,23,25,26,27). The van der Waals surface area contributed by atoms with Crippen LogP contribution >= 0.6 is 19.5 Å². The summed E-state index contributed by atoms with van der Waals surface area (Å²) in [6, 6.07) is 16.5. The van der Waals surface area contributed by atoms with Crippen molar-refractivity contribution in [2.45, 2.75) is 6.92 Å². The third kappa shape index (κ3) is 3.96. The Balaban J connectivity index is 1.61. The number of benzene rings is 2. The van der Waals surface area contributed by atoms with Gasteiger partial charge in [0.25, 0.3) is 0 Å². The Bertz CT molecular complexity index is 1140. The van der Waals surface area contributed by atoms with Crippen molar-refractivity contribution in [2.24, 2.45) is 0 Å². The van der Waals surface area contributed by atoms with Crippen molar-refractivity contribution in [3.05, 3.63) is 65.4 Å². The van der Waals surface area contributed by atoms with Crippen LogP contribution in [-0.2, 0) is 0 Å². The second kappa shape index (κ2) is 7.78. The number of halogens is 1. The van der Waals surface area contributed by atoms with Gasteiger partial charge < -0.3 is 15.6 Å². The lowest BCUT2D eigenvalue weighted by atomic mass is 10.2. The van der Waals surface area contributed by atoms with Gasteiger partial charge in [-0.3, -0.25) is 0 Å². The lowest BCUT2D eigenvalue weighted by molar-refractivity contribution is 1.17. The summed E-state index contributed by atoms with van der Waals surface area (Å²) in [5.74, 6) is 1.08. The second-order valence-electron chi connectivity index (χ2n) is 6.81. The molecule has 2 aromatic carbocycles. The number of hydrogen-bond donors (Lipinski definition) is 3. The average molecular weight is 410 g/mol. The molecule has 2 aromatic heterocycles. The molecule has 0 saturated heterocycles. The first kappa shape index (κ1) is 18.7. The Labute approximate surface area is 170 Å². The topological polar surface area (TPSA) is 65.6 Å². The van der Waals surface area contributed by atoms with Gasteiger partial charge in [0.05, 0.1) is 6.20 Å². The van der Waals surface area contributed by atoms with Crippen molar-refractivity contribution in [1.82, 2.24) is 15.0 Å². The highest BCUT2D eigenvalue weighted by Crippen LogP contribution is 2.31. The quantitative estimate of drug-likeness (QED) is 0.366. The van der Waals surface area contributed by atoms with Crippen LogP contribution in [0.2, 0.25) is 5.02 Å². The summed E-state index contributed by atoms with van der Waals surface area (Å²) < 4.78 is 0. The molecular weight excluding hydrogens is 389 g/mol. The number of aromatic nitrogens is 3. The van der Waals surface area contributed by atoms with Crippen LogP contribution in [0.4, 0.5) is 23.1 Å². The predicted molar refractivity (Wildman–Crippen MR) is 121 cm³/mol. The van der Waals surface area contributed by atoms with Gasteiger partial charge in [0.2, 0.25) is 5.95 Å². The molecule has 0 aliphatic rings. The average Bonchev–Trinajstić information content (AvgIpc) is 3.04. The van der Waals surface area contributed by atoms with Crippen molar-refractivity contribution >= 4 is 58.9 Å². The maximum Gasteiger partial charge on any atom is 0.229 e. The van der Waals surface area contributed by atoms with Gasteiger partial charge >= 0.3 is 0 Å². The highest BCUT2D eigenvalue weighted by molar-refractivity contribution is 7.64. The van der Waals surface area contributed by atoms with Crippen molar-refractivity contribution in [1.29, 1.82) is 0 Å². The number of fused-ring (bicyclic) bond motifs is 1. The molecule has 0 saturated carbocycles. The fourth-order valence-corrected chi connectivity index (χ4v) is 4.23. The normalized spacial score (nSPS) is 11.2. The van der Waals surface area contributed by atoms with Crippen LogP contribution in [0, 0.1) is 6.92 Å². The fraction of sp³-hybridized carbons (Fsp3) is 0.143. The molecule has 142 valence electrons. The summed E-state index contributed by atoms with van der Waals surface area (Å²) >= 11 is 6.35. The number of hydrogen-bond acceptors (Lipinski definition) is 4. The first-order valence-electron chi connectivity index (χ1n) is 8.92. The summed E-state index contributed by atoms with van der Waals surface area (Å²) in [5.41, 5.74) is 4.18. The molecule has 28 heavy (non-hydrogen) atoms. The Morgan fingerprint density at radius 3 is 2.68 bits per heavy atom. The lowest BCUT2D eigenvalue weighted by Crippen LogP contribution is -2.09. The van der Waals surface area contributed by atoms with Crippen LogP contribution < -0.4 is 15.9 Å². The molecule has 7 heteroatoms. The molecule has 0 unspecified atom stereocenters. The number of nitrogens with one attached hydrogen (secondary N) is 3. The van der Waals surface area contributed by atoms with E-state index in [0.29, 0.717) is 16.8 Å². The van der Waals surface area contributed by atoms with Crippen LogP contribution in [0.15, 0.2) is 54.7 Å². The molecule has 0 aliphatic carbocycles. The molecule has 4 rings (SSSR count). The summed E-state index contributed by atoms with van der Waals surface area (Å²) in [7, 11) is -0.252. The molecule has 0 radical (unpaired) electrons. The zero-order valence-corrected chi connectivity index (χ0v) is 17.6. The minimum absolute atomic E-state index is 0.252. The molecule has 4 aromatic rings. The smallest absolute Gasteiger partial charge is 0.229 e. The van der Waals surface area contributed by atoms with E-state index in [9.17, 15) is 0 Å². The van der Waals surface area contributed by atoms with Gasteiger partial charge in [0.1, 0.15) is 5.02 Å². The molecule has 0 atom stereocenters. The van der Waals surface area contributed by atoms with Gasteiger partial charge in [-0.05, 0) is 55.9 Å². The Morgan fingerprint density at radius 2 is 1.86 bits per heavy atom. The molecule has 0 bridgehead atoms. The summed E-state index contributed by atoms with van der Waals surface area (Å²) in [5, 5.41) is 9.53. The Morgan fingerprint density at radius 1 is 1.04 bits per heavy atom. The molecular formula is C21H21ClN5P. The minimum Gasteiger partial charge on any atom is -0.359 e. The third-order valence-electron chi connectivity index (χ3n) is 4.39. The summed E-state index contributed by atoms with van der Waals surface area (Å²) in [6.07, 6.45) is 1.61. The number of H-pyrrole nitrogens is 1.